The van der Waals surface area contributed by atoms with Crippen LogP contribution in [-0.4, -0.2) is 38.5 Å². The van der Waals surface area contributed by atoms with E-state index in [4.69, 9.17) is 10.5 Å². The Bertz CT molecular complexity index is 547. The van der Waals surface area contributed by atoms with Crippen LogP contribution in [0, 0.1) is 0 Å². The fraction of sp³-hybridized carbons (Fsp3) is 0.455. The summed E-state index contributed by atoms with van der Waals surface area (Å²) in [5.74, 6) is 0. The Morgan fingerprint density at radius 1 is 1.50 bits per heavy atom. The standard InChI is InChI=1S/C11H15BrN2O3S/c1-8-7-17-5-4-14(8)18(15,16)9-2-3-10(12)11(13)6-9/h2-3,6,8H,4-5,7,13H2,1H3. The van der Waals surface area contributed by atoms with Gasteiger partial charge in [-0.05, 0) is 41.1 Å². The fourth-order valence-electron chi connectivity index (χ4n) is 1.89. The lowest BCUT2D eigenvalue weighted by molar-refractivity contribution is 0.0393. The summed E-state index contributed by atoms with van der Waals surface area (Å²) in [6, 6.07) is 4.51. The SMILES string of the molecule is CC1COCCN1S(=O)(=O)c1ccc(Br)c(N)c1. The highest BCUT2D eigenvalue weighted by molar-refractivity contribution is 9.10. The number of morpholine rings is 1. The molecule has 7 heteroatoms. The Morgan fingerprint density at radius 2 is 2.22 bits per heavy atom. The van der Waals surface area contributed by atoms with Gasteiger partial charge in [0, 0.05) is 22.7 Å². The van der Waals surface area contributed by atoms with Gasteiger partial charge in [-0.15, -0.1) is 0 Å². The molecule has 1 heterocycles. The first-order valence-corrected chi connectivity index (χ1v) is 7.81. The molecule has 1 fully saturated rings. The molecule has 1 aliphatic heterocycles. The molecule has 1 aromatic carbocycles. The Balaban J connectivity index is 2.37. The Hall–Kier alpha value is -0.630. The fourth-order valence-corrected chi connectivity index (χ4v) is 3.77. The van der Waals surface area contributed by atoms with Crippen molar-refractivity contribution >= 4 is 31.6 Å². The van der Waals surface area contributed by atoms with Gasteiger partial charge in [0.1, 0.15) is 0 Å². The summed E-state index contributed by atoms with van der Waals surface area (Å²) in [5.41, 5.74) is 6.14. The van der Waals surface area contributed by atoms with Gasteiger partial charge < -0.3 is 10.5 Å². The van der Waals surface area contributed by atoms with E-state index in [1.54, 1.807) is 12.1 Å². The molecule has 18 heavy (non-hydrogen) atoms. The van der Waals surface area contributed by atoms with E-state index in [0.29, 0.717) is 29.9 Å². The first kappa shape index (κ1) is 13.8. The minimum atomic E-state index is -3.50. The maximum atomic E-state index is 12.5. The molecule has 1 atom stereocenters. The Labute approximate surface area is 115 Å². The van der Waals surface area contributed by atoms with Gasteiger partial charge in [0.25, 0.3) is 0 Å². The van der Waals surface area contributed by atoms with Crippen LogP contribution >= 0.6 is 15.9 Å². The van der Waals surface area contributed by atoms with Crippen molar-refractivity contribution < 1.29 is 13.2 Å². The maximum absolute atomic E-state index is 12.5. The zero-order chi connectivity index (χ0) is 13.3. The minimum absolute atomic E-state index is 0.159. The van der Waals surface area contributed by atoms with E-state index in [1.165, 1.54) is 10.4 Å². The number of ether oxygens (including phenoxy) is 1. The van der Waals surface area contributed by atoms with Crippen LogP contribution in [0.4, 0.5) is 5.69 Å². The first-order chi connectivity index (χ1) is 8.43. The number of rotatable bonds is 2. The van der Waals surface area contributed by atoms with Crippen molar-refractivity contribution in [3.63, 3.8) is 0 Å². The molecule has 0 bridgehead atoms. The molecule has 2 N–H and O–H groups in total. The van der Waals surface area contributed by atoms with Crippen molar-refractivity contribution in [2.24, 2.45) is 0 Å². The van der Waals surface area contributed by atoms with Crippen LogP contribution in [0.1, 0.15) is 6.92 Å². The van der Waals surface area contributed by atoms with E-state index >= 15 is 0 Å². The van der Waals surface area contributed by atoms with E-state index in [2.05, 4.69) is 15.9 Å². The summed E-state index contributed by atoms with van der Waals surface area (Å²) >= 11 is 3.25. The Kier molecular flexibility index (Phi) is 3.96. The van der Waals surface area contributed by atoms with Crippen LogP contribution in [0.5, 0.6) is 0 Å². The molecule has 0 aromatic heterocycles. The lowest BCUT2D eigenvalue weighted by Gasteiger charge is -2.32. The second-order valence-corrected chi connectivity index (χ2v) is 6.97. The third kappa shape index (κ3) is 2.54. The number of sulfonamides is 1. The van der Waals surface area contributed by atoms with Crippen molar-refractivity contribution in [3.8, 4) is 0 Å². The van der Waals surface area contributed by atoms with Crippen molar-refractivity contribution in [2.45, 2.75) is 17.9 Å². The van der Waals surface area contributed by atoms with Crippen LogP contribution in [0.2, 0.25) is 0 Å². The molecule has 1 unspecified atom stereocenters. The summed E-state index contributed by atoms with van der Waals surface area (Å²) in [6.07, 6.45) is 0. The molecule has 0 radical (unpaired) electrons. The maximum Gasteiger partial charge on any atom is 0.243 e. The zero-order valence-electron chi connectivity index (χ0n) is 9.97. The van der Waals surface area contributed by atoms with Crippen LogP contribution < -0.4 is 5.73 Å². The number of nitrogens with two attached hydrogens (primary N) is 1. The second-order valence-electron chi connectivity index (χ2n) is 4.22. The monoisotopic (exact) mass is 334 g/mol. The first-order valence-electron chi connectivity index (χ1n) is 5.57. The second kappa shape index (κ2) is 5.16. The lowest BCUT2D eigenvalue weighted by atomic mass is 10.3. The molecule has 2 rings (SSSR count). The third-order valence-electron chi connectivity index (χ3n) is 2.88. The van der Waals surface area contributed by atoms with E-state index < -0.39 is 10.0 Å². The van der Waals surface area contributed by atoms with E-state index in [9.17, 15) is 8.42 Å². The number of hydrogen-bond acceptors (Lipinski definition) is 4. The molecule has 0 spiro atoms. The normalized spacial score (nSPS) is 22.0. The predicted octanol–water partition coefficient (Wildman–Crippen LogP) is 1.44. The number of nitrogens with zero attached hydrogens (tertiary/aromatic N) is 1. The number of nitrogen functional groups attached to an aromatic ring is 1. The topological polar surface area (TPSA) is 72.6 Å². The predicted molar refractivity (Wildman–Crippen MR) is 72.7 cm³/mol. The van der Waals surface area contributed by atoms with Crippen LogP contribution in [0.3, 0.4) is 0 Å². The van der Waals surface area contributed by atoms with Gasteiger partial charge in [-0.3, -0.25) is 0 Å². The largest absolute Gasteiger partial charge is 0.398 e. The van der Waals surface area contributed by atoms with Gasteiger partial charge >= 0.3 is 0 Å². The highest BCUT2D eigenvalue weighted by Gasteiger charge is 2.31. The van der Waals surface area contributed by atoms with E-state index in [-0.39, 0.29) is 10.9 Å². The van der Waals surface area contributed by atoms with E-state index in [1.807, 2.05) is 6.92 Å². The van der Waals surface area contributed by atoms with Gasteiger partial charge in [0.2, 0.25) is 10.0 Å². The van der Waals surface area contributed by atoms with Crippen LogP contribution in [0.25, 0.3) is 0 Å². The zero-order valence-corrected chi connectivity index (χ0v) is 12.4. The van der Waals surface area contributed by atoms with E-state index in [0.717, 1.165) is 0 Å². The minimum Gasteiger partial charge on any atom is -0.398 e. The van der Waals surface area contributed by atoms with Gasteiger partial charge in [0.05, 0.1) is 18.1 Å². The molecule has 1 saturated heterocycles. The van der Waals surface area contributed by atoms with Gasteiger partial charge in [-0.1, -0.05) is 0 Å². The van der Waals surface area contributed by atoms with Crippen molar-refractivity contribution in [1.29, 1.82) is 0 Å². The van der Waals surface area contributed by atoms with Crippen molar-refractivity contribution in [2.75, 3.05) is 25.5 Å². The third-order valence-corrected chi connectivity index (χ3v) is 5.61. The molecule has 0 saturated carbocycles. The lowest BCUT2D eigenvalue weighted by Crippen LogP contribution is -2.46. The average molecular weight is 335 g/mol. The molecule has 5 nitrogen and oxygen atoms in total. The highest BCUT2D eigenvalue weighted by atomic mass is 79.9. The molecule has 0 aliphatic carbocycles. The molecular formula is C11H15BrN2O3S. The number of halogens is 1. The summed E-state index contributed by atoms with van der Waals surface area (Å²) < 4.78 is 32.3. The smallest absolute Gasteiger partial charge is 0.243 e. The number of hydrogen-bond donors (Lipinski definition) is 1. The highest BCUT2D eigenvalue weighted by Crippen LogP contribution is 2.26. The molecular weight excluding hydrogens is 320 g/mol. The Morgan fingerprint density at radius 3 is 2.83 bits per heavy atom. The molecule has 100 valence electrons. The van der Waals surface area contributed by atoms with Crippen molar-refractivity contribution in [3.05, 3.63) is 22.7 Å². The summed E-state index contributed by atoms with van der Waals surface area (Å²) in [7, 11) is -3.50. The quantitative estimate of drug-likeness (QED) is 0.830. The van der Waals surface area contributed by atoms with Crippen LogP contribution in [-0.2, 0) is 14.8 Å². The molecule has 0 amide bonds. The average Bonchev–Trinajstić information content (AvgIpc) is 2.33. The van der Waals surface area contributed by atoms with Gasteiger partial charge in [-0.25, -0.2) is 8.42 Å². The molecule has 1 aliphatic rings. The summed E-state index contributed by atoms with van der Waals surface area (Å²) in [5, 5.41) is 0. The van der Waals surface area contributed by atoms with Gasteiger partial charge in [-0.2, -0.15) is 4.31 Å². The van der Waals surface area contributed by atoms with Crippen LogP contribution in [0.15, 0.2) is 27.6 Å². The molecule has 1 aromatic rings. The summed E-state index contributed by atoms with van der Waals surface area (Å²) in [6.45, 7) is 3.05. The summed E-state index contributed by atoms with van der Waals surface area (Å²) in [4.78, 5) is 0.219. The van der Waals surface area contributed by atoms with Crippen molar-refractivity contribution in [1.82, 2.24) is 4.31 Å². The number of benzene rings is 1. The number of anilines is 1. The van der Waals surface area contributed by atoms with Gasteiger partial charge in [0.15, 0.2) is 0 Å².